The van der Waals surface area contributed by atoms with Crippen LogP contribution in [-0.4, -0.2) is 13.2 Å². The normalized spacial score (nSPS) is 16.7. The Bertz CT molecular complexity index is 186. The molecule has 2 unspecified atom stereocenters. The van der Waals surface area contributed by atoms with Gasteiger partial charge in [0.05, 0.1) is 13.2 Å². The lowest BCUT2D eigenvalue weighted by Crippen LogP contribution is -2.18. The van der Waals surface area contributed by atoms with Crippen LogP contribution in [0.15, 0.2) is 0 Å². The summed E-state index contributed by atoms with van der Waals surface area (Å²) in [6, 6.07) is 0. The molecule has 0 rings (SSSR count). The minimum atomic E-state index is 0.363. The summed E-state index contributed by atoms with van der Waals surface area (Å²) >= 11 is 0. The largest absolute Gasteiger partial charge is 0.236 e. The monoisotopic (exact) mass is 258 g/mol. The van der Waals surface area contributed by atoms with Crippen LogP contribution in [-0.2, 0) is 9.78 Å². The summed E-state index contributed by atoms with van der Waals surface area (Å²) < 4.78 is 0. The Kier molecular flexibility index (Phi) is 7.46. The van der Waals surface area contributed by atoms with Gasteiger partial charge in [0.2, 0.25) is 0 Å². The van der Waals surface area contributed by atoms with Crippen molar-refractivity contribution >= 4 is 0 Å². The summed E-state index contributed by atoms with van der Waals surface area (Å²) in [6.07, 6.45) is 2.32. The minimum Gasteiger partial charge on any atom is -0.236 e. The molecule has 0 amide bonds. The Labute approximate surface area is 114 Å². The number of hydrogen-bond donors (Lipinski definition) is 0. The van der Waals surface area contributed by atoms with E-state index >= 15 is 0 Å². The molecule has 0 heterocycles. The van der Waals surface area contributed by atoms with Crippen molar-refractivity contribution in [3.8, 4) is 0 Å². The van der Waals surface area contributed by atoms with Gasteiger partial charge in [0.1, 0.15) is 0 Å². The highest BCUT2D eigenvalue weighted by molar-refractivity contribution is 4.66. The topological polar surface area (TPSA) is 18.5 Å². The van der Waals surface area contributed by atoms with E-state index in [9.17, 15) is 0 Å². The zero-order chi connectivity index (χ0) is 14.4. The predicted octanol–water partition coefficient (Wildman–Crippen LogP) is 5.08. The summed E-state index contributed by atoms with van der Waals surface area (Å²) in [7, 11) is 0. The lowest BCUT2D eigenvalue weighted by Gasteiger charge is -2.24. The first kappa shape index (κ1) is 17.9. The fourth-order valence-corrected chi connectivity index (χ4v) is 2.54. The first-order valence-electron chi connectivity index (χ1n) is 7.24. The smallest absolute Gasteiger partial charge is 0.0848 e. The summed E-state index contributed by atoms with van der Waals surface area (Å²) in [5.74, 6) is 1.09. The highest BCUT2D eigenvalue weighted by Crippen LogP contribution is 2.25. The fraction of sp³-hybridized carbons (Fsp3) is 1.00. The average Bonchev–Trinajstić information content (AvgIpc) is 2.06. The van der Waals surface area contributed by atoms with Crippen LogP contribution in [0.4, 0.5) is 0 Å². The molecule has 2 atom stereocenters. The summed E-state index contributed by atoms with van der Waals surface area (Å²) in [6.45, 7) is 19.4. The van der Waals surface area contributed by atoms with Crippen molar-refractivity contribution in [2.45, 2.75) is 68.2 Å². The van der Waals surface area contributed by atoms with Crippen molar-refractivity contribution in [2.24, 2.45) is 22.7 Å². The van der Waals surface area contributed by atoms with E-state index in [1.165, 1.54) is 0 Å². The Morgan fingerprint density at radius 2 is 0.944 bits per heavy atom. The molecule has 0 bridgehead atoms. The van der Waals surface area contributed by atoms with Gasteiger partial charge in [-0.15, -0.1) is 0 Å². The van der Waals surface area contributed by atoms with E-state index in [1.54, 1.807) is 0 Å². The third kappa shape index (κ3) is 12.4. The second kappa shape index (κ2) is 7.49. The molecule has 0 fully saturated rings. The van der Waals surface area contributed by atoms with Gasteiger partial charge in [-0.3, -0.25) is 0 Å². The molecule has 0 saturated heterocycles. The van der Waals surface area contributed by atoms with Crippen LogP contribution in [0.1, 0.15) is 68.2 Å². The van der Waals surface area contributed by atoms with Crippen LogP contribution < -0.4 is 0 Å². The predicted molar refractivity (Wildman–Crippen MR) is 78.4 cm³/mol. The Balaban J connectivity index is 3.62. The Morgan fingerprint density at radius 3 is 1.17 bits per heavy atom. The van der Waals surface area contributed by atoms with E-state index in [-0.39, 0.29) is 0 Å². The molecule has 2 nitrogen and oxygen atoms in total. The third-order valence-electron chi connectivity index (χ3n) is 2.71. The van der Waals surface area contributed by atoms with Gasteiger partial charge in [-0.05, 0) is 35.5 Å². The second-order valence-corrected chi connectivity index (χ2v) is 8.31. The molecule has 18 heavy (non-hydrogen) atoms. The van der Waals surface area contributed by atoms with Gasteiger partial charge >= 0.3 is 0 Å². The molecule has 0 radical (unpaired) electrons. The molecule has 0 spiro atoms. The van der Waals surface area contributed by atoms with Crippen LogP contribution in [0.2, 0.25) is 0 Å². The molecule has 0 aliphatic heterocycles. The zero-order valence-corrected chi connectivity index (χ0v) is 13.8. The highest BCUT2D eigenvalue weighted by Gasteiger charge is 2.17. The summed E-state index contributed by atoms with van der Waals surface area (Å²) in [4.78, 5) is 10.7. The molecule has 0 aromatic heterocycles. The number of rotatable bonds is 7. The molecule has 0 saturated carbocycles. The molecular formula is C16H34O2. The maximum atomic E-state index is 5.33. The molecule has 110 valence electrons. The quantitative estimate of drug-likeness (QED) is 0.360. The van der Waals surface area contributed by atoms with Gasteiger partial charge in [-0.2, -0.15) is 0 Å². The SMILES string of the molecule is CC(COOCC(C)CC(C)(C)C)CC(C)(C)C. The molecular weight excluding hydrogens is 224 g/mol. The fourth-order valence-electron chi connectivity index (χ4n) is 2.54. The molecule has 0 aliphatic rings. The third-order valence-corrected chi connectivity index (χ3v) is 2.71. The van der Waals surface area contributed by atoms with Crippen LogP contribution >= 0.6 is 0 Å². The van der Waals surface area contributed by atoms with Crippen molar-refractivity contribution in [3.05, 3.63) is 0 Å². The number of hydrogen-bond acceptors (Lipinski definition) is 2. The maximum absolute atomic E-state index is 5.33. The molecule has 2 heteroatoms. The van der Waals surface area contributed by atoms with Gasteiger partial charge in [-0.25, -0.2) is 9.78 Å². The van der Waals surface area contributed by atoms with Crippen molar-refractivity contribution in [1.29, 1.82) is 0 Å². The Hall–Kier alpha value is -0.0800. The van der Waals surface area contributed by atoms with Crippen LogP contribution in [0.5, 0.6) is 0 Å². The van der Waals surface area contributed by atoms with Crippen molar-refractivity contribution in [1.82, 2.24) is 0 Å². The van der Waals surface area contributed by atoms with E-state index in [0.717, 1.165) is 12.8 Å². The van der Waals surface area contributed by atoms with Crippen molar-refractivity contribution in [2.75, 3.05) is 13.2 Å². The van der Waals surface area contributed by atoms with Crippen molar-refractivity contribution in [3.63, 3.8) is 0 Å². The van der Waals surface area contributed by atoms with E-state index in [1.807, 2.05) is 0 Å². The maximum Gasteiger partial charge on any atom is 0.0848 e. The standard InChI is InChI=1S/C16H34O2/c1-13(9-15(3,4)5)11-17-18-12-14(2)10-16(6,7)8/h13-14H,9-12H2,1-8H3. The van der Waals surface area contributed by atoms with Gasteiger partial charge in [0, 0.05) is 0 Å². The molecule has 0 aromatic carbocycles. The average molecular weight is 258 g/mol. The molecule has 0 N–H and O–H groups in total. The van der Waals surface area contributed by atoms with Crippen molar-refractivity contribution < 1.29 is 9.78 Å². The summed E-state index contributed by atoms with van der Waals surface area (Å²) in [5, 5.41) is 0. The second-order valence-electron chi connectivity index (χ2n) is 8.31. The van der Waals surface area contributed by atoms with Gasteiger partial charge in [-0.1, -0.05) is 55.4 Å². The summed E-state index contributed by atoms with van der Waals surface area (Å²) in [5.41, 5.74) is 0.727. The lowest BCUT2D eigenvalue weighted by atomic mass is 9.86. The lowest BCUT2D eigenvalue weighted by molar-refractivity contribution is -0.307. The van der Waals surface area contributed by atoms with Gasteiger partial charge in [0.15, 0.2) is 0 Å². The van der Waals surface area contributed by atoms with Crippen LogP contribution in [0.25, 0.3) is 0 Å². The van der Waals surface area contributed by atoms with Gasteiger partial charge < -0.3 is 0 Å². The van der Waals surface area contributed by atoms with Gasteiger partial charge in [0.25, 0.3) is 0 Å². The van der Waals surface area contributed by atoms with E-state index in [2.05, 4.69) is 55.4 Å². The molecule has 0 aromatic rings. The zero-order valence-electron chi connectivity index (χ0n) is 13.8. The highest BCUT2D eigenvalue weighted by atomic mass is 17.2. The Morgan fingerprint density at radius 1 is 0.667 bits per heavy atom. The minimum absolute atomic E-state index is 0.363. The van der Waals surface area contributed by atoms with E-state index in [4.69, 9.17) is 9.78 Å². The first-order valence-corrected chi connectivity index (χ1v) is 7.24. The van der Waals surface area contributed by atoms with Crippen LogP contribution in [0, 0.1) is 22.7 Å². The van der Waals surface area contributed by atoms with Crippen LogP contribution in [0.3, 0.4) is 0 Å². The molecule has 0 aliphatic carbocycles. The first-order chi connectivity index (χ1) is 7.99. The van der Waals surface area contributed by atoms with E-state index < -0.39 is 0 Å². The van der Waals surface area contributed by atoms with E-state index in [0.29, 0.717) is 35.9 Å².